The minimum atomic E-state index is -0.292. The molecule has 3 aromatic carbocycles. The quantitative estimate of drug-likeness (QED) is 0.158. The number of aromatic nitrogens is 3. The van der Waals surface area contributed by atoms with Crippen LogP contribution in [0.5, 0.6) is 0 Å². The number of fused-ring (bicyclic) bond motifs is 1. The van der Waals surface area contributed by atoms with Crippen molar-refractivity contribution >= 4 is 46.2 Å². The average Bonchev–Trinajstić information content (AvgIpc) is 3.89. The normalized spacial score (nSPS) is 11.4. The molecular weight excluding hydrogens is 590 g/mol. The lowest BCUT2D eigenvalue weighted by Crippen LogP contribution is -2.08. The lowest BCUT2D eigenvalue weighted by atomic mass is 10.1. The van der Waals surface area contributed by atoms with E-state index in [0.29, 0.717) is 34.3 Å². The van der Waals surface area contributed by atoms with E-state index in [4.69, 9.17) is 8.83 Å². The fourth-order valence-corrected chi connectivity index (χ4v) is 5.06. The molecule has 2 N–H and O–H groups in total. The fraction of sp³-hybridized carbons (Fsp3) is 0. The Morgan fingerprint density at radius 2 is 1.49 bits per heavy atom. The molecule has 0 atom stereocenters. The maximum Gasteiger partial charge on any atom is 0.248 e. The van der Waals surface area contributed by atoms with Crippen LogP contribution < -0.4 is 10.6 Å². The van der Waals surface area contributed by atoms with Crippen LogP contribution in [-0.2, 0) is 9.59 Å². The summed E-state index contributed by atoms with van der Waals surface area (Å²) in [5.74, 6) is 1.18. The number of nitrogens with one attached hydrogen (secondary N) is 2. The number of carbonyl (C=O) groups excluding carboxylic acids is 2. The number of hydrogen-bond acceptors (Lipinski definition) is 6. The molecule has 0 unspecified atom stereocenters. The van der Waals surface area contributed by atoms with E-state index in [1.807, 2.05) is 102 Å². The molecular formula is C38H27N5O4. The Morgan fingerprint density at radius 1 is 0.702 bits per heavy atom. The van der Waals surface area contributed by atoms with Crippen LogP contribution >= 0.6 is 0 Å². The summed E-state index contributed by atoms with van der Waals surface area (Å²) in [5.41, 5.74) is 5.46. The van der Waals surface area contributed by atoms with Crippen LogP contribution in [0.25, 0.3) is 51.3 Å². The highest BCUT2D eigenvalue weighted by Crippen LogP contribution is 2.28. The van der Waals surface area contributed by atoms with Crippen molar-refractivity contribution in [3.63, 3.8) is 0 Å². The largest absolute Gasteiger partial charge is 0.465 e. The maximum atomic E-state index is 12.8. The number of carbonyl (C=O) groups is 2. The van der Waals surface area contributed by atoms with E-state index in [2.05, 4.69) is 20.7 Å². The van der Waals surface area contributed by atoms with Crippen LogP contribution in [0.2, 0.25) is 0 Å². The van der Waals surface area contributed by atoms with Crippen molar-refractivity contribution in [1.29, 1.82) is 0 Å². The average molecular weight is 618 g/mol. The topological polar surface area (TPSA) is 115 Å². The predicted molar refractivity (Wildman–Crippen MR) is 182 cm³/mol. The van der Waals surface area contributed by atoms with Crippen LogP contribution in [-0.4, -0.2) is 26.6 Å². The smallest absolute Gasteiger partial charge is 0.248 e. The molecule has 228 valence electrons. The summed E-state index contributed by atoms with van der Waals surface area (Å²) < 4.78 is 13.1. The molecule has 4 heterocycles. The summed E-state index contributed by atoms with van der Waals surface area (Å²) >= 11 is 0. The first-order valence-corrected chi connectivity index (χ1v) is 14.8. The van der Waals surface area contributed by atoms with Crippen molar-refractivity contribution in [1.82, 2.24) is 14.8 Å². The van der Waals surface area contributed by atoms with Gasteiger partial charge in [-0.25, -0.2) is 4.68 Å². The lowest BCUT2D eigenvalue weighted by molar-refractivity contribution is -0.112. The summed E-state index contributed by atoms with van der Waals surface area (Å²) in [6.07, 6.45) is 11.1. The van der Waals surface area contributed by atoms with Crippen molar-refractivity contribution in [2.45, 2.75) is 0 Å². The highest BCUT2D eigenvalue weighted by atomic mass is 16.3. The molecule has 9 heteroatoms. The number of amides is 2. The molecule has 9 nitrogen and oxygen atoms in total. The molecule has 7 aromatic rings. The molecule has 4 aromatic heterocycles. The van der Waals surface area contributed by atoms with Crippen LogP contribution in [0.15, 0.2) is 149 Å². The van der Waals surface area contributed by atoms with Gasteiger partial charge >= 0.3 is 0 Å². The number of rotatable bonds is 9. The predicted octanol–water partition coefficient (Wildman–Crippen LogP) is 8.24. The third-order valence-corrected chi connectivity index (χ3v) is 7.27. The first-order chi connectivity index (χ1) is 23.1. The Kier molecular flexibility index (Phi) is 8.08. The molecule has 0 radical (unpaired) electrons. The third kappa shape index (κ3) is 6.84. The van der Waals surface area contributed by atoms with Gasteiger partial charge in [-0.2, -0.15) is 5.10 Å². The van der Waals surface area contributed by atoms with E-state index in [0.717, 1.165) is 27.7 Å². The Morgan fingerprint density at radius 3 is 2.32 bits per heavy atom. The minimum Gasteiger partial charge on any atom is -0.465 e. The zero-order chi connectivity index (χ0) is 32.0. The maximum absolute atomic E-state index is 12.8. The standard InChI is InChI=1S/C38H27N5O4/c44-37(17-14-32-11-5-21-46-32)41-29-8-3-7-26(22-29)34-23-27(19-20-39-34)36-16-13-33(47-36)15-18-38(45)42-30-9-4-10-31(24-30)43-35-12-2-1-6-28(35)25-40-43/h1-25H,(H,41,44)(H,42,45)/b17-14+,18-15+. The molecule has 47 heavy (non-hydrogen) atoms. The number of para-hydroxylation sites is 1. The van der Waals surface area contributed by atoms with Crippen molar-refractivity contribution < 1.29 is 18.4 Å². The molecule has 2 amide bonds. The second kappa shape index (κ2) is 13.1. The van der Waals surface area contributed by atoms with E-state index in [9.17, 15) is 9.59 Å². The van der Waals surface area contributed by atoms with E-state index in [1.54, 1.807) is 42.8 Å². The number of anilines is 2. The Hall–Kier alpha value is -6.74. The summed E-state index contributed by atoms with van der Waals surface area (Å²) in [6.45, 7) is 0. The van der Waals surface area contributed by atoms with Crippen LogP contribution in [0, 0.1) is 0 Å². The number of furan rings is 2. The van der Waals surface area contributed by atoms with Gasteiger partial charge in [0, 0.05) is 46.2 Å². The van der Waals surface area contributed by atoms with Crippen molar-refractivity contribution in [2.24, 2.45) is 0 Å². The van der Waals surface area contributed by atoms with Gasteiger partial charge in [-0.3, -0.25) is 14.6 Å². The van der Waals surface area contributed by atoms with Crippen molar-refractivity contribution in [3.05, 3.63) is 152 Å². The zero-order valence-electron chi connectivity index (χ0n) is 24.9. The van der Waals surface area contributed by atoms with Crippen molar-refractivity contribution in [3.8, 4) is 28.3 Å². The SMILES string of the molecule is O=C(/C=C/c1ccco1)Nc1cccc(-c2cc(-c3ccc(/C=C/C(=O)Nc4cccc(-n5ncc6ccccc65)c4)o3)ccn2)c1. The van der Waals surface area contributed by atoms with Gasteiger partial charge in [0.25, 0.3) is 0 Å². The van der Waals surface area contributed by atoms with Gasteiger partial charge in [0.2, 0.25) is 11.8 Å². The van der Waals surface area contributed by atoms with E-state index in [1.165, 1.54) is 12.2 Å². The Bertz CT molecular complexity index is 2260. The number of nitrogens with zero attached hydrogens (tertiary/aromatic N) is 3. The number of benzene rings is 3. The molecule has 0 saturated carbocycles. The lowest BCUT2D eigenvalue weighted by Gasteiger charge is -2.07. The second-order valence-corrected chi connectivity index (χ2v) is 10.5. The van der Waals surface area contributed by atoms with Gasteiger partial charge in [-0.1, -0.05) is 36.4 Å². The minimum absolute atomic E-state index is 0.276. The molecule has 0 aliphatic heterocycles. The highest BCUT2D eigenvalue weighted by Gasteiger charge is 2.09. The van der Waals surface area contributed by atoms with Gasteiger partial charge in [-0.15, -0.1) is 0 Å². The van der Waals surface area contributed by atoms with E-state index >= 15 is 0 Å². The number of hydrogen-bond donors (Lipinski definition) is 2. The molecule has 0 aliphatic rings. The summed E-state index contributed by atoms with van der Waals surface area (Å²) in [5, 5.41) is 11.3. The molecule has 7 rings (SSSR count). The summed E-state index contributed by atoms with van der Waals surface area (Å²) in [7, 11) is 0. The second-order valence-electron chi connectivity index (χ2n) is 10.5. The molecule has 0 fully saturated rings. The first-order valence-electron chi connectivity index (χ1n) is 14.8. The van der Waals surface area contributed by atoms with Crippen LogP contribution in [0.4, 0.5) is 11.4 Å². The van der Waals surface area contributed by atoms with Gasteiger partial charge < -0.3 is 19.5 Å². The molecule has 0 bridgehead atoms. The zero-order valence-corrected chi connectivity index (χ0v) is 24.9. The molecule has 0 aliphatic carbocycles. The Labute approximate surface area is 269 Å². The van der Waals surface area contributed by atoms with Crippen molar-refractivity contribution in [2.75, 3.05) is 10.6 Å². The summed E-state index contributed by atoms with van der Waals surface area (Å²) in [6, 6.07) is 33.8. The molecule has 0 spiro atoms. The number of pyridine rings is 1. The van der Waals surface area contributed by atoms with E-state index < -0.39 is 0 Å². The van der Waals surface area contributed by atoms with Gasteiger partial charge in [0.1, 0.15) is 17.3 Å². The van der Waals surface area contributed by atoms with Gasteiger partial charge in [0.15, 0.2) is 0 Å². The van der Waals surface area contributed by atoms with Gasteiger partial charge in [0.05, 0.1) is 29.4 Å². The first kappa shape index (κ1) is 29.0. The Balaban J connectivity index is 1.00. The summed E-state index contributed by atoms with van der Waals surface area (Å²) in [4.78, 5) is 29.6. The highest BCUT2D eigenvalue weighted by molar-refractivity contribution is 6.02. The van der Waals surface area contributed by atoms with Crippen LogP contribution in [0.1, 0.15) is 11.5 Å². The third-order valence-electron chi connectivity index (χ3n) is 7.27. The molecule has 0 saturated heterocycles. The van der Waals surface area contributed by atoms with Gasteiger partial charge in [-0.05, 0) is 84.9 Å². The fourth-order valence-electron chi connectivity index (χ4n) is 5.06. The monoisotopic (exact) mass is 617 g/mol. The van der Waals surface area contributed by atoms with Crippen LogP contribution in [0.3, 0.4) is 0 Å². The van der Waals surface area contributed by atoms with E-state index in [-0.39, 0.29) is 11.8 Å².